The van der Waals surface area contributed by atoms with Crippen LogP contribution in [0.1, 0.15) is 24.5 Å². The predicted molar refractivity (Wildman–Crippen MR) is 49.8 cm³/mol. The Kier molecular flexibility index (Phi) is 1.79. The number of aryl methyl sites for hydroxylation is 1. The minimum Gasteiger partial charge on any atom is -0.493 e. The van der Waals surface area contributed by atoms with Crippen molar-refractivity contribution in [3.05, 3.63) is 29.3 Å². The molecule has 13 heavy (non-hydrogen) atoms. The van der Waals surface area contributed by atoms with E-state index in [1.165, 1.54) is 0 Å². The Morgan fingerprint density at radius 1 is 1.46 bits per heavy atom. The minimum atomic E-state index is -1.22. The Morgan fingerprint density at radius 2 is 2.23 bits per heavy atom. The molecule has 1 aliphatic heterocycles. The summed E-state index contributed by atoms with van der Waals surface area (Å²) in [5.41, 5.74) is 0.474. The molecule has 1 aromatic rings. The standard InChI is InChI=1S/C11H13FO/c1-8-4-3-5-9-10(8)11(2,12)6-7-13-9/h3-5H,6-7H2,1-2H3. The van der Waals surface area contributed by atoms with Crippen molar-refractivity contribution in [1.29, 1.82) is 0 Å². The van der Waals surface area contributed by atoms with Crippen molar-refractivity contribution in [2.45, 2.75) is 25.9 Å². The van der Waals surface area contributed by atoms with Gasteiger partial charge in [-0.25, -0.2) is 4.39 Å². The summed E-state index contributed by atoms with van der Waals surface area (Å²) in [5, 5.41) is 0. The van der Waals surface area contributed by atoms with Crippen molar-refractivity contribution in [2.75, 3.05) is 6.61 Å². The van der Waals surface area contributed by atoms with E-state index in [9.17, 15) is 4.39 Å². The lowest BCUT2D eigenvalue weighted by atomic mass is 9.88. The van der Waals surface area contributed by atoms with Gasteiger partial charge in [-0.05, 0) is 25.5 Å². The van der Waals surface area contributed by atoms with E-state index in [0.717, 1.165) is 11.1 Å². The molecule has 0 saturated carbocycles. The van der Waals surface area contributed by atoms with Crippen LogP contribution in [0, 0.1) is 6.92 Å². The Hall–Kier alpha value is -1.05. The SMILES string of the molecule is Cc1cccc2c1C(C)(F)CCO2. The van der Waals surface area contributed by atoms with Crippen molar-refractivity contribution in [3.63, 3.8) is 0 Å². The first-order valence-electron chi connectivity index (χ1n) is 4.53. The zero-order valence-electron chi connectivity index (χ0n) is 7.93. The number of hydrogen-bond acceptors (Lipinski definition) is 1. The van der Waals surface area contributed by atoms with Crippen LogP contribution in [0.3, 0.4) is 0 Å². The van der Waals surface area contributed by atoms with Crippen LogP contribution in [-0.4, -0.2) is 6.61 Å². The fourth-order valence-electron chi connectivity index (χ4n) is 1.91. The molecule has 0 fully saturated rings. The first-order chi connectivity index (χ1) is 6.11. The van der Waals surface area contributed by atoms with Crippen LogP contribution in [0.2, 0.25) is 0 Å². The molecule has 0 amide bonds. The summed E-state index contributed by atoms with van der Waals surface area (Å²) in [4.78, 5) is 0. The molecule has 1 heterocycles. The molecule has 2 heteroatoms. The molecule has 1 atom stereocenters. The molecule has 0 bridgehead atoms. The van der Waals surface area contributed by atoms with Crippen LogP contribution in [0.4, 0.5) is 4.39 Å². The molecular formula is C11H13FO. The summed E-state index contributed by atoms with van der Waals surface area (Å²) in [6.07, 6.45) is 0.449. The molecule has 0 saturated heterocycles. The van der Waals surface area contributed by atoms with Gasteiger partial charge in [-0.2, -0.15) is 0 Å². The summed E-state index contributed by atoms with van der Waals surface area (Å²) in [5.74, 6) is 0.705. The highest BCUT2D eigenvalue weighted by atomic mass is 19.1. The van der Waals surface area contributed by atoms with E-state index >= 15 is 0 Å². The third-order valence-corrected chi connectivity index (χ3v) is 2.58. The lowest BCUT2D eigenvalue weighted by Gasteiger charge is -2.30. The second kappa shape index (κ2) is 2.72. The van der Waals surface area contributed by atoms with Crippen LogP contribution in [0.15, 0.2) is 18.2 Å². The van der Waals surface area contributed by atoms with Gasteiger partial charge in [0.05, 0.1) is 6.61 Å². The number of benzene rings is 1. The molecular weight excluding hydrogens is 167 g/mol. The van der Waals surface area contributed by atoms with Gasteiger partial charge in [0.15, 0.2) is 0 Å². The number of hydrogen-bond donors (Lipinski definition) is 0. The first-order valence-corrected chi connectivity index (χ1v) is 4.53. The molecule has 0 radical (unpaired) electrons. The lowest BCUT2D eigenvalue weighted by molar-refractivity contribution is 0.109. The van der Waals surface area contributed by atoms with Gasteiger partial charge in [-0.3, -0.25) is 0 Å². The average Bonchev–Trinajstić information content (AvgIpc) is 2.02. The van der Waals surface area contributed by atoms with Gasteiger partial charge in [0.1, 0.15) is 11.4 Å². The number of ether oxygens (including phenoxy) is 1. The van der Waals surface area contributed by atoms with Crippen LogP contribution in [0.5, 0.6) is 5.75 Å². The number of fused-ring (bicyclic) bond motifs is 1. The van der Waals surface area contributed by atoms with Crippen molar-refractivity contribution in [1.82, 2.24) is 0 Å². The summed E-state index contributed by atoms with van der Waals surface area (Å²) in [6, 6.07) is 5.65. The molecule has 0 aromatic heterocycles. The zero-order valence-corrected chi connectivity index (χ0v) is 7.93. The summed E-state index contributed by atoms with van der Waals surface area (Å²) >= 11 is 0. The smallest absolute Gasteiger partial charge is 0.140 e. The number of rotatable bonds is 0. The van der Waals surface area contributed by atoms with Crippen LogP contribution >= 0.6 is 0 Å². The van der Waals surface area contributed by atoms with Gasteiger partial charge in [-0.1, -0.05) is 12.1 Å². The fourth-order valence-corrected chi connectivity index (χ4v) is 1.91. The molecule has 0 spiro atoms. The van der Waals surface area contributed by atoms with Crippen LogP contribution in [-0.2, 0) is 5.67 Å². The fraction of sp³-hybridized carbons (Fsp3) is 0.455. The Labute approximate surface area is 77.5 Å². The zero-order chi connectivity index (χ0) is 9.47. The monoisotopic (exact) mass is 180 g/mol. The lowest BCUT2D eigenvalue weighted by Crippen LogP contribution is -2.26. The van der Waals surface area contributed by atoms with Gasteiger partial charge < -0.3 is 4.74 Å². The van der Waals surface area contributed by atoms with Crippen molar-refractivity contribution < 1.29 is 9.13 Å². The molecule has 1 aromatic carbocycles. The van der Waals surface area contributed by atoms with Crippen molar-refractivity contribution in [3.8, 4) is 5.75 Å². The highest BCUT2D eigenvalue weighted by Gasteiger charge is 2.34. The third-order valence-electron chi connectivity index (χ3n) is 2.58. The second-order valence-corrected chi connectivity index (χ2v) is 3.74. The van der Waals surface area contributed by atoms with Crippen molar-refractivity contribution in [2.24, 2.45) is 0 Å². The molecule has 0 N–H and O–H groups in total. The molecule has 2 rings (SSSR count). The Bertz CT molecular complexity index is 331. The second-order valence-electron chi connectivity index (χ2n) is 3.74. The predicted octanol–water partition coefficient (Wildman–Crippen LogP) is 2.96. The van der Waals surface area contributed by atoms with Crippen molar-refractivity contribution >= 4 is 0 Å². The summed E-state index contributed by atoms with van der Waals surface area (Å²) in [6.45, 7) is 4.02. The van der Waals surface area contributed by atoms with Gasteiger partial charge in [-0.15, -0.1) is 0 Å². The van der Waals surface area contributed by atoms with E-state index < -0.39 is 5.67 Å². The van der Waals surface area contributed by atoms with E-state index in [1.54, 1.807) is 6.92 Å². The summed E-state index contributed by atoms with van der Waals surface area (Å²) in [7, 11) is 0. The highest BCUT2D eigenvalue weighted by molar-refractivity contribution is 5.44. The Morgan fingerprint density at radius 3 is 2.92 bits per heavy atom. The third kappa shape index (κ3) is 1.30. The van der Waals surface area contributed by atoms with Crippen LogP contribution < -0.4 is 4.74 Å². The number of alkyl halides is 1. The van der Waals surface area contributed by atoms with E-state index in [-0.39, 0.29) is 0 Å². The molecule has 1 unspecified atom stereocenters. The molecule has 0 aliphatic carbocycles. The van der Waals surface area contributed by atoms with Gasteiger partial charge in [0.2, 0.25) is 0 Å². The van der Waals surface area contributed by atoms with E-state index in [2.05, 4.69) is 0 Å². The Balaban J connectivity index is 2.61. The maximum Gasteiger partial charge on any atom is 0.140 e. The molecule has 1 nitrogen and oxygen atoms in total. The van der Waals surface area contributed by atoms with Gasteiger partial charge >= 0.3 is 0 Å². The highest BCUT2D eigenvalue weighted by Crippen LogP contribution is 2.41. The molecule has 1 aliphatic rings. The minimum absolute atomic E-state index is 0.449. The first kappa shape index (κ1) is 8.54. The van der Waals surface area contributed by atoms with Crippen LogP contribution in [0.25, 0.3) is 0 Å². The maximum atomic E-state index is 14.0. The van der Waals surface area contributed by atoms with Gasteiger partial charge in [0.25, 0.3) is 0 Å². The summed E-state index contributed by atoms with van der Waals surface area (Å²) < 4.78 is 19.4. The maximum absolute atomic E-state index is 14.0. The largest absolute Gasteiger partial charge is 0.493 e. The topological polar surface area (TPSA) is 9.23 Å². The van der Waals surface area contributed by atoms with Gasteiger partial charge in [0, 0.05) is 12.0 Å². The van der Waals surface area contributed by atoms with E-state index in [0.29, 0.717) is 18.8 Å². The normalized spacial score (nSPS) is 26.4. The average molecular weight is 180 g/mol. The number of halogens is 1. The quantitative estimate of drug-likeness (QED) is 0.596. The van der Waals surface area contributed by atoms with E-state index in [1.807, 2.05) is 25.1 Å². The molecule has 70 valence electrons. The van der Waals surface area contributed by atoms with E-state index in [4.69, 9.17) is 4.74 Å².